The Labute approximate surface area is 116 Å². The second kappa shape index (κ2) is 6.78. The molecule has 1 N–H and O–H groups in total. The van der Waals surface area contributed by atoms with E-state index in [2.05, 4.69) is 5.32 Å². The van der Waals surface area contributed by atoms with E-state index in [0.29, 0.717) is 6.61 Å². The van der Waals surface area contributed by atoms with Gasteiger partial charge in [-0.1, -0.05) is 41.5 Å². The monoisotopic (exact) mass is 273 g/mol. The first-order valence-electron chi connectivity index (χ1n) is 6.54. The van der Waals surface area contributed by atoms with E-state index in [4.69, 9.17) is 9.47 Å². The van der Waals surface area contributed by atoms with Crippen molar-refractivity contribution in [2.45, 2.75) is 54.0 Å². The van der Waals surface area contributed by atoms with Gasteiger partial charge in [-0.3, -0.25) is 0 Å². The van der Waals surface area contributed by atoms with Crippen LogP contribution in [0.5, 0.6) is 0 Å². The summed E-state index contributed by atoms with van der Waals surface area (Å²) in [6.45, 7) is 11.9. The van der Waals surface area contributed by atoms with Crippen molar-refractivity contribution in [2.24, 2.45) is 10.8 Å². The Balaban J connectivity index is 4.54. The van der Waals surface area contributed by atoms with Gasteiger partial charge >= 0.3 is 12.1 Å². The minimum absolute atomic E-state index is 0.0696. The maximum atomic E-state index is 11.7. The second-order valence-corrected chi connectivity index (χ2v) is 6.56. The molecule has 19 heavy (non-hydrogen) atoms. The largest absolute Gasteiger partial charge is 0.467 e. The zero-order valence-electron chi connectivity index (χ0n) is 13.1. The highest BCUT2D eigenvalue weighted by Crippen LogP contribution is 2.22. The molecule has 0 saturated heterocycles. The number of nitrogens with one attached hydrogen (secondary N) is 1. The molecule has 0 aromatic rings. The molecule has 0 radical (unpaired) electrons. The maximum absolute atomic E-state index is 11.7. The molecular formula is C14H27NO4. The van der Waals surface area contributed by atoms with E-state index < -0.39 is 23.5 Å². The van der Waals surface area contributed by atoms with Gasteiger partial charge in [-0.05, 0) is 17.3 Å². The Kier molecular flexibility index (Phi) is 6.33. The first-order valence-corrected chi connectivity index (χ1v) is 6.54. The lowest BCUT2D eigenvalue weighted by molar-refractivity contribution is -0.145. The van der Waals surface area contributed by atoms with Crippen LogP contribution in [0.2, 0.25) is 0 Å². The number of carbonyl (C=O) groups excluding carboxylic acids is 2. The van der Waals surface area contributed by atoms with Crippen molar-refractivity contribution in [1.82, 2.24) is 5.32 Å². The summed E-state index contributed by atoms with van der Waals surface area (Å²) >= 11 is 0. The van der Waals surface area contributed by atoms with Crippen LogP contribution >= 0.6 is 0 Å². The van der Waals surface area contributed by atoms with Crippen molar-refractivity contribution >= 4 is 12.1 Å². The van der Waals surface area contributed by atoms with E-state index in [0.717, 1.165) is 6.42 Å². The standard InChI is InChI=1S/C14H27NO4/c1-8-14(5,6)9-19-12(17)15-10(11(16)18-7)13(2,3)4/h10H,8-9H2,1-7H3,(H,15,17). The highest BCUT2D eigenvalue weighted by atomic mass is 16.6. The van der Waals surface area contributed by atoms with Crippen molar-refractivity contribution in [2.75, 3.05) is 13.7 Å². The Morgan fingerprint density at radius 2 is 1.68 bits per heavy atom. The molecule has 1 atom stereocenters. The second-order valence-electron chi connectivity index (χ2n) is 6.56. The van der Waals surface area contributed by atoms with Gasteiger partial charge in [0.15, 0.2) is 0 Å². The van der Waals surface area contributed by atoms with Gasteiger partial charge in [0.25, 0.3) is 0 Å². The number of carbonyl (C=O) groups is 2. The Morgan fingerprint density at radius 1 is 1.16 bits per heavy atom. The van der Waals surface area contributed by atoms with Crippen LogP contribution in [0.1, 0.15) is 48.0 Å². The molecule has 0 rings (SSSR count). The van der Waals surface area contributed by atoms with Crippen molar-refractivity contribution < 1.29 is 19.1 Å². The highest BCUT2D eigenvalue weighted by Gasteiger charge is 2.34. The van der Waals surface area contributed by atoms with Crippen molar-refractivity contribution in [1.29, 1.82) is 0 Å². The van der Waals surface area contributed by atoms with Gasteiger partial charge < -0.3 is 14.8 Å². The number of ether oxygens (including phenoxy) is 2. The minimum atomic E-state index is -0.727. The van der Waals surface area contributed by atoms with E-state index in [9.17, 15) is 9.59 Å². The number of hydrogen-bond acceptors (Lipinski definition) is 4. The smallest absolute Gasteiger partial charge is 0.407 e. The molecule has 0 aromatic heterocycles. The van der Waals surface area contributed by atoms with Crippen LogP contribution < -0.4 is 5.32 Å². The van der Waals surface area contributed by atoms with Gasteiger partial charge in [-0.2, -0.15) is 0 Å². The summed E-state index contributed by atoms with van der Waals surface area (Å²) < 4.78 is 9.86. The summed E-state index contributed by atoms with van der Waals surface area (Å²) in [5.41, 5.74) is -0.508. The summed E-state index contributed by atoms with van der Waals surface area (Å²) in [6, 6.07) is -0.727. The molecule has 1 amide bonds. The molecule has 0 saturated carbocycles. The predicted molar refractivity (Wildman–Crippen MR) is 73.8 cm³/mol. The van der Waals surface area contributed by atoms with Gasteiger partial charge in [0.2, 0.25) is 0 Å². The summed E-state index contributed by atoms with van der Waals surface area (Å²) in [5.74, 6) is -0.473. The zero-order valence-corrected chi connectivity index (χ0v) is 13.1. The van der Waals surface area contributed by atoms with Crippen LogP contribution in [-0.2, 0) is 14.3 Å². The van der Waals surface area contributed by atoms with Crippen molar-refractivity contribution in [3.05, 3.63) is 0 Å². The van der Waals surface area contributed by atoms with Gasteiger partial charge in [0, 0.05) is 0 Å². The first kappa shape index (κ1) is 17.7. The Bertz CT molecular complexity index is 318. The van der Waals surface area contributed by atoms with E-state index >= 15 is 0 Å². The van der Waals surface area contributed by atoms with E-state index in [1.807, 2.05) is 41.5 Å². The maximum Gasteiger partial charge on any atom is 0.407 e. The predicted octanol–water partition coefficient (Wildman–Crippen LogP) is 2.74. The van der Waals surface area contributed by atoms with Gasteiger partial charge in [-0.25, -0.2) is 9.59 Å². The molecule has 0 heterocycles. The molecule has 5 nitrogen and oxygen atoms in total. The fourth-order valence-corrected chi connectivity index (χ4v) is 1.27. The molecule has 0 aromatic carbocycles. The number of hydrogen-bond donors (Lipinski definition) is 1. The molecule has 0 fully saturated rings. The average molecular weight is 273 g/mol. The van der Waals surface area contributed by atoms with Crippen LogP contribution in [0.15, 0.2) is 0 Å². The number of methoxy groups -OCH3 is 1. The third-order valence-electron chi connectivity index (χ3n) is 3.12. The fraction of sp³-hybridized carbons (Fsp3) is 0.857. The Hall–Kier alpha value is -1.26. The van der Waals surface area contributed by atoms with E-state index in [1.54, 1.807) is 0 Å². The molecule has 112 valence electrons. The third-order valence-corrected chi connectivity index (χ3v) is 3.12. The van der Waals surface area contributed by atoms with Gasteiger partial charge in [0.05, 0.1) is 13.7 Å². The summed E-state index contributed by atoms with van der Waals surface area (Å²) in [4.78, 5) is 23.4. The highest BCUT2D eigenvalue weighted by molar-refractivity contribution is 5.82. The molecule has 0 aliphatic carbocycles. The number of alkyl carbamates (subject to hydrolysis) is 1. The Morgan fingerprint density at radius 3 is 2.05 bits per heavy atom. The zero-order chi connectivity index (χ0) is 15.3. The number of amides is 1. The van der Waals surface area contributed by atoms with Crippen LogP contribution in [-0.4, -0.2) is 31.8 Å². The summed E-state index contributed by atoms with van der Waals surface area (Å²) in [5, 5.41) is 2.57. The lowest BCUT2D eigenvalue weighted by atomic mass is 9.87. The minimum Gasteiger partial charge on any atom is -0.467 e. The quantitative estimate of drug-likeness (QED) is 0.782. The summed E-state index contributed by atoms with van der Waals surface area (Å²) in [6.07, 6.45) is 0.312. The van der Waals surface area contributed by atoms with Gasteiger partial charge in [0.1, 0.15) is 6.04 Å². The third kappa shape index (κ3) is 6.45. The van der Waals surface area contributed by atoms with Crippen molar-refractivity contribution in [3.63, 3.8) is 0 Å². The molecule has 0 spiro atoms. The average Bonchev–Trinajstić information content (AvgIpc) is 2.31. The molecule has 0 aliphatic rings. The lowest BCUT2D eigenvalue weighted by Crippen LogP contribution is -2.50. The molecule has 5 heteroatoms. The first-order chi connectivity index (χ1) is 8.53. The van der Waals surface area contributed by atoms with Crippen LogP contribution in [0.4, 0.5) is 4.79 Å². The molecule has 1 unspecified atom stereocenters. The van der Waals surface area contributed by atoms with Crippen LogP contribution in [0, 0.1) is 10.8 Å². The van der Waals surface area contributed by atoms with E-state index in [-0.39, 0.29) is 5.41 Å². The van der Waals surface area contributed by atoms with E-state index in [1.165, 1.54) is 7.11 Å². The number of esters is 1. The normalized spacial score (nSPS) is 13.6. The fourth-order valence-electron chi connectivity index (χ4n) is 1.27. The molecular weight excluding hydrogens is 246 g/mol. The van der Waals surface area contributed by atoms with Gasteiger partial charge in [-0.15, -0.1) is 0 Å². The van der Waals surface area contributed by atoms with Crippen LogP contribution in [0.25, 0.3) is 0 Å². The SMILES string of the molecule is CCC(C)(C)COC(=O)NC(C(=O)OC)C(C)(C)C. The van der Waals surface area contributed by atoms with Crippen LogP contribution in [0.3, 0.4) is 0 Å². The summed E-state index contributed by atoms with van der Waals surface area (Å²) in [7, 11) is 1.30. The lowest BCUT2D eigenvalue weighted by Gasteiger charge is -2.29. The molecule has 0 aliphatic heterocycles. The topological polar surface area (TPSA) is 64.6 Å². The number of rotatable bonds is 5. The molecule has 0 bridgehead atoms. The van der Waals surface area contributed by atoms with Crippen molar-refractivity contribution in [3.8, 4) is 0 Å².